The van der Waals surface area contributed by atoms with E-state index in [2.05, 4.69) is 40.1 Å². The number of hydrogen-bond acceptors (Lipinski definition) is 3. The zero-order chi connectivity index (χ0) is 14.2. The highest BCUT2D eigenvalue weighted by molar-refractivity contribution is 5.74. The quantitative estimate of drug-likeness (QED) is 0.690. The highest BCUT2D eigenvalue weighted by atomic mass is 15.1. The molecule has 20 heavy (non-hydrogen) atoms. The number of imidazole rings is 1. The van der Waals surface area contributed by atoms with E-state index in [-0.39, 0.29) is 0 Å². The molecule has 4 nitrogen and oxygen atoms in total. The summed E-state index contributed by atoms with van der Waals surface area (Å²) < 4.78 is 0. The van der Waals surface area contributed by atoms with Gasteiger partial charge in [0.05, 0.1) is 11.0 Å². The molecule has 0 fully saturated rings. The second-order valence-corrected chi connectivity index (χ2v) is 5.08. The number of para-hydroxylation sites is 2. The Morgan fingerprint density at radius 3 is 2.70 bits per heavy atom. The number of hydrogen-bond donors (Lipinski definition) is 2. The largest absolute Gasteiger partial charge is 0.342 e. The molecule has 0 aliphatic carbocycles. The van der Waals surface area contributed by atoms with Crippen molar-refractivity contribution >= 4 is 11.0 Å². The van der Waals surface area contributed by atoms with Gasteiger partial charge in [-0.05, 0) is 44.7 Å². The van der Waals surface area contributed by atoms with Gasteiger partial charge in [-0.3, -0.25) is 0 Å². The van der Waals surface area contributed by atoms with E-state index in [1.165, 1.54) is 13.0 Å². The molecule has 2 rings (SSSR count). The molecule has 0 aliphatic rings. The molecule has 1 heterocycles. The summed E-state index contributed by atoms with van der Waals surface area (Å²) in [7, 11) is 0. The van der Waals surface area contributed by atoms with E-state index >= 15 is 0 Å². The van der Waals surface area contributed by atoms with Gasteiger partial charge in [-0.2, -0.15) is 0 Å². The second kappa shape index (κ2) is 8.02. The molecular formula is C16H26N4. The lowest BCUT2D eigenvalue weighted by atomic mass is 10.3. The van der Waals surface area contributed by atoms with Crippen molar-refractivity contribution in [1.29, 1.82) is 0 Å². The highest BCUT2D eigenvalue weighted by Gasteiger charge is 2.01. The molecule has 110 valence electrons. The third-order valence-electron chi connectivity index (χ3n) is 3.70. The Morgan fingerprint density at radius 2 is 1.95 bits per heavy atom. The van der Waals surface area contributed by atoms with Crippen molar-refractivity contribution in [1.82, 2.24) is 20.2 Å². The van der Waals surface area contributed by atoms with Crippen LogP contribution in [0.15, 0.2) is 24.3 Å². The van der Waals surface area contributed by atoms with Crippen molar-refractivity contribution in [3.05, 3.63) is 30.1 Å². The molecule has 0 saturated carbocycles. The van der Waals surface area contributed by atoms with Crippen LogP contribution in [-0.2, 0) is 6.42 Å². The molecule has 2 aromatic rings. The Kier molecular flexibility index (Phi) is 6.02. The van der Waals surface area contributed by atoms with Crippen LogP contribution in [0.1, 0.15) is 26.1 Å². The Labute approximate surface area is 121 Å². The summed E-state index contributed by atoms with van der Waals surface area (Å²) >= 11 is 0. The van der Waals surface area contributed by atoms with E-state index < -0.39 is 0 Å². The van der Waals surface area contributed by atoms with Crippen LogP contribution in [-0.4, -0.2) is 47.6 Å². The van der Waals surface area contributed by atoms with Crippen LogP contribution < -0.4 is 5.32 Å². The molecule has 2 N–H and O–H groups in total. The smallest absolute Gasteiger partial charge is 0.108 e. The molecule has 0 aliphatic heterocycles. The van der Waals surface area contributed by atoms with Gasteiger partial charge in [-0.1, -0.05) is 26.0 Å². The van der Waals surface area contributed by atoms with Gasteiger partial charge in [0, 0.05) is 13.0 Å². The topological polar surface area (TPSA) is 44.0 Å². The van der Waals surface area contributed by atoms with Gasteiger partial charge < -0.3 is 15.2 Å². The van der Waals surface area contributed by atoms with Gasteiger partial charge in [0.2, 0.25) is 0 Å². The van der Waals surface area contributed by atoms with Crippen molar-refractivity contribution < 1.29 is 0 Å². The predicted octanol–water partition coefficient (Wildman–Crippen LogP) is 2.43. The Morgan fingerprint density at radius 1 is 1.15 bits per heavy atom. The van der Waals surface area contributed by atoms with E-state index in [1.807, 2.05) is 18.2 Å². The number of aromatic amines is 1. The minimum absolute atomic E-state index is 0.958. The van der Waals surface area contributed by atoms with Crippen molar-refractivity contribution in [2.75, 3.05) is 32.7 Å². The van der Waals surface area contributed by atoms with Crippen LogP contribution in [0.5, 0.6) is 0 Å². The maximum absolute atomic E-state index is 4.58. The molecule has 0 unspecified atom stereocenters. The minimum Gasteiger partial charge on any atom is -0.342 e. The molecule has 1 aromatic heterocycles. The predicted molar refractivity (Wildman–Crippen MR) is 85.1 cm³/mol. The van der Waals surface area contributed by atoms with Crippen molar-refractivity contribution in [2.24, 2.45) is 0 Å². The summed E-state index contributed by atoms with van der Waals surface area (Å²) in [5.74, 6) is 1.07. The van der Waals surface area contributed by atoms with Gasteiger partial charge in [-0.15, -0.1) is 0 Å². The van der Waals surface area contributed by atoms with E-state index in [9.17, 15) is 0 Å². The first-order valence-electron chi connectivity index (χ1n) is 7.70. The molecule has 0 spiro atoms. The number of nitrogens with one attached hydrogen (secondary N) is 2. The maximum Gasteiger partial charge on any atom is 0.108 e. The number of benzene rings is 1. The average molecular weight is 274 g/mol. The Balaban J connectivity index is 1.63. The van der Waals surface area contributed by atoms with Crippen LogP contribution in [0, 0.1) is 0 Å². The first-order chi connectivity index (χ1) is 9.83. The van der Waals surface area contributed by atoms with Crippen LogP contribution >= 0.6 is 0 Å². The molecule has 0 saturated heterocycles. The van der Waals surface area contributed by atoms with Crippen LogP contribution in [0.3, 0.4) is 0 Å². The third kappa shape index (κ3) is 4.32. The molecular weight excluding hydrogens is 248 g/mol. The molecule has 0 radical (unpaired) electrons. The van der Waals surface area contributed by atoms with E-state index in [1.54, 1.807) is 0 Å². The average Bonchev–Trinajstić information content (AvgIpc) is 2.89. The number of nitrogens with zero attached hydrogens (tertiary/aromatic N) is 2. The second-order valence-electron chi connectivity index (χ2n) is 5.08. The Hall–Kier alpha value is -1.39. The zero-order valence-electron chi connectivity index (χ0n) is 12.7. The lowest BCUT2D eigenvalue weighted by Crippen LogP contribution is -2.27. The van der Waals surface area contributed by atoms with E-state index in [0.717, 1.165) is 49.5 Å². The van der Waals surface area contributed by atoms with Crippen LogP contribution in [0.4, 0.5) is 0 Å². The number of rotatable bonds is 9. The van der Waals surface area contributed by atoms with Crippen LogP contribution in [0.2, 0.25) is 0 Å². The molecule has 0 bridgehead atoms. The fraction of sp³-hybridized carbons (Fsp3) is 0.562. The summed E-state index contributed by atoms with van der Waals surface area (Å²) in [5.41, 5.74) is 2.19. The maximum atomic E-state index is 4.58. The summed E-state index contributed by atoms with van der Waals surface area (Å²) in [6, 6.07) is 8.18. The van der Waals surface area contributed by atoms with Gasteiger partial charge in [0.25, 0.3) is 0 Å². The van der Waals surface area contributed by atoms with Crippen molar-refractivity contribution in [3.8, 4) is 0 Å². The lowest BCUT2D eigenvalue weighted by molar-refractivity contribution is 0.298. The molecule has 0 atom stereocenters. The summed E-state index contributed by atoms with van der Waals surface area (Å²) in [4.78, 5) is 10.4. The monoisotopic (exact) mass is 274 g/mol. The normalized spacial score (nSPS) is 11.6. The summed E-state index contributed by atoms with van der Waals surface area (Å²) in [6.45, 7) is 9.99. The molecule has 4 heteroatoms. The van der Waals surface area contributed by atoms with Crippen molar-refractivity contribution in [2.45, 2.75) is 26.7 Å². The zero-order valence-corrected chi connectivity index (χ0v) is 12.7. The van der Waals surface area contributed by atoms with Gasteiger partial charge in [0.15, 0.2) is 0 Å². The van der Waals surface area contributed by atoms with E-state index in [4.69, 9.17) is 0 Å². The summed E-state index contributed by atoms with van der Waals surface area (Å²) in [6.07, 6.45) is 2.17. The SMILES string of the molecule is CCN(CC)CCCNCCc1nc2ccccc2[nH]1. The fourth-order valence-corrected chi connectivity index (χ4v) is 2.42. The van der Waals surface area contributed by atoms with Gasteiger partial charge >= 0.3 is 0 Å². The van der Waals surface area contributed by atoms with E-state index in [0.29, 0.717) is 0 Å². The number of aromatic nitrogens is 2. The fourth-order valence-electron chi connectivity index (χ4n) is 2.42. The summed E-state index contributed by atoms with van der Waals surface area (Å²) in [5, 5.41) is 3.50. The first-order valence-corrected chi connectivity index (χ1v) is 7.70. The molecule has 1 aromatic carbocycles. The molecule has 0 amide bonds. The minimum atomic E-state index is 0.958. The van der Waals surface area contributed by atoms with Crippen LogP contribution in [0.25, 0.3) is 11.0 Å². The van der Waals surface area contributed by atoms with Crippen molar-refractivity contribution in [3.63, 3.8) is 0 Å². The lowest BCUT2D eigenvalue weighted by Gasteiger charge is -2.17. The number of fused-ring (bicyclic) bond motifs is 1. The number of H-pyrrole nitrogens is 1. The third-order valence-corrected chi connectivity index (χ3v) is 3.70. The highest BCUT2D eigenvalue weighted by Crippen LogP contribution is 2.10. The van der Waals surface area contributed by atoms with Gasteiger partial charge in [-0.25, -0.2) is 4.98 Å². The van der Waals surface area contributed by atoms with Gasteiger partial charge in [0.1, 0.15) is 5.82 Å². The Bertz CT molecular complexity index is 469. The first kappa shape index (κ1) is 15.0. The standard InChI is InChI=1S/C16H26N4/c1-3-20(4-2)13-7-11-17-12-10-16-18-14-8-5-6-9-15(14)19-16/h5-6,8-9,17H,3-4,7,10-13H2,1-2H3,(H,18,19).